The van der Waals surface area contributed by atoms with Gasteiger partial charge < -0.3 is 10.2 Å². The largest absolute Gasteiger partial charge is 0.321 e. The zero-order valence-corrected chi connectivity index (χ0v) is 14.7. The highest BCUT2D eigenvalue weighted by atomic mass is 35.5. The number of amides is 2. The number of hydrogen-bond acceptors (Lipinski definition) is 2. The zero-order chi connectivity index (χ0) is 18.6. The van der Waals surface area contributed by atoms with E-state index in [2.05, 4.69) is 5.32 Å². The molecule has 0 fully saturated rings. The molecule has 0 bridgehead atoms. The summed E-state index contributed by atoms with van der Waals surface area (Å²) in [5, 5.41) is 2.83. The van der Waals surface area contributed by atoms with E-state index in [0.29, 0.717) is 15.7 Å². The maximum absolute atomic E-state index is 13.5. The summed E-state index contributed by atoms with van der Waals surface area (Å²) >= 11 is 12.0. The highest BCUT2D eigenvalue weighted by Crippen LogP contribution is 2.29. The molecule has 0 aliphatic rings. The monoisotopic (exact) mass is 386 g/mol. The van der Waals surface area contributed by atoms with Gasteiger partial charge in [-0.2, -0.15) is 0 Å². The molecule has 0 saturated heterocycles. The predicted molar refractivity (Wildman–Crippen MR) is 94.1 cm³/mol. The minimum absolute atomic E-state index is 0.0305. The summed E-state index contributed by atoms with van der Waals surface area (Å²) in [5.74, 6) is -2.76. The molecule has 0 heterocycles. The Labute approximate surface area is 153 Å². The molecule has 2 amide bonds. The van der Waals surface area contributed by atoms with Gasteiger partial charge in [0, 0.05) is 24.9 Å². The SMILES string of the molecule is CC(=O)N(CCC(=O)Nc1c(F)cccc1F)c1cc(Cl)ccc1Cl. The molecule has 2 rings (SSSR count). The average Bonchev–Trinajstić information content (AvgIpc) is 2.54. The molecule has 0 radical (unpaired) electrons. The Balaban J connectivity index is 2.10. The second-order valence-electron chi connectivity index (χ2n) is 5.16. The van der Waals surface area contributed by atoms with E-state index in [1.807, 2.05) is 0 Å². The molecule has 2 aromatic rings. The number of halogens is 4. The van der Waals surface area contributed by atoms with E-state index in [0.717, 1.165) is 12.1 Å². The topological polar surface area (TPSA) is 49.4 Å². The number of anilines is 2. The highest BCUT2D eigenvalue weighted by Gasteiger charge is 2.18. The number of rotatable bonds is 5. The van der Waals surface area contributed by atoms with Gasteiger partial charge in [-0.3, -0.25) is 9.59 Å². The molecular formula is C17H14Cl2F2N2O2. The molecule has 2 aromatic carbocycles. The summed E-state index contributed by atoms with van der Waals surface area (Å²) in [6.07, 6.45) is -0.184. The molecule has 0 unspecified atom stereocenters. The van der Waals surface area contributed by atoms with Crippen molar-refractivity contribution in [3.63, 3.8) is 0 Å². The third-order valence-corrected chi connectivity index (χ3v) is 3.92. The van der Waals surface area contributed by atoms with E-state index in [1.54, 1.807) is 6.07 Å². The van der Waals surface area contributed by atoms with Gasteiger partial charge in [-0.25, -0.2) is 8.78 Å². The second kappa shape index (κ2) is 8.27. The quantitative estimate of drug-likeness (QED) is 0.812. The Morgan fingerprint density at radius 1 is 1.12 bits per heavy atom. The van der Waals surface area contributed by atoms with Crippen LogP contribution in [-0.4, -0.2) is 18.4 Å². The fourth-order valence-electron chi connectivity index (χ4n) is 2.17. The molecule has 0 aromatic heterocycles. The molecular weight excluding hydrogens is 373 g/mol. The van der Waals surface area contributed by atoms with Crippen molar-refractivity contribution >= 4 is 46.4 Å². The second-order valence-corrected chi connectivity index (χ2v) is 6.00. The predicted octanol–water partition coefficient (Wildman–Crippen LogP) is 4.65. The van der Waals surface area contributed by atoms with Crippen LogP contribution in [0.5, 0.6) is 0 Å². The maximum atomic E-state index is 13.5. The first-order chi connectivity index (χ1) is 11.8. The third-order valence-electron chi connectivity index (χ3n) is 3.37. The lowest BCUT2D eigenvalue weighted by molar-refractivity contribution is -0.117. The first kappa shape index (κ1) is 19.1. The maximum Gasteiger partial charge on any atom is 0.226 e. The summed E-state index contributed by atoms with van der Waals surface area (Å²) in [4.78, 5) is 25.1. The van der Waals surface area contributed by atoms with Gasteiger partial charge in [0.1, 0.15) is 17.3 Å². The van der Waals surface area contributed by atoms with E-state index in [-0.39, 0.29) is 18.9 Å². The first-order valence-electron chi connectivity index (χ1n) is 7.26. The molecule has 0 saturated carbocycles. The van der Waals surface area contributed by atoms with Crippen LogP contribution >= 0.6 is 23.2 Å². The lowest BCUT2D eigenvalue weighted by Crippen LogP contribution is -2.32. The Morgan fingerprint density at radius 2 is 1.76 bits per heavy atom. The first-order valence-corrected chi connectivity index (χ1v) is 8.02. The van der Waals surface area contributed by atoms with Crippen molar-refractivity contribution < 1.29 is 18.4 Å². The average molecular weight is 387 g/mol. The van der Waals surface area contributed by atoms with Crippen LogP contribution in [-0.2, 0) is 9.59 Å². The molecule has 0 aliphatic heterocycles. The fraction of sp³-hybridized carbons (Fsp3) is 0.176. The van der Waals surface area contributed by atoms with Gasteiger partial charge in [-0.15, -0.1) is 0 Å². The molecule has 25 heavy (non-hydrogen) atoms. The van der Waals surface area contributed by atoms with E-state index >= 15 is 0 Å². The standard InChI is InChI=1S/C17H14Cl2F2N2O2/c1-10(24)23(15-9-11(18)5-6-12(15)19)8-7-16(25)22-17-13(20)3-2-4-14(17)21/h2-6,9H,7-8H2,1H3,(H,22,25). The van der Waals surface area contributed by atoms with Gasteiger partial charge in [0.25, 0.3) is 0 Å². The van der Waals surface area contributed by atoms with Crippen LogP contribution in [0.15, 0.2) is 36.4 Å². The van der Waals surface area contributed by atoms with Gasteiger partial charge in [-0.05, 0) is 30.3 Å². The Hall–Kier alpha value is -2.18. The van der Waals surface area contributed by atoms with E-state index in [4.69, 9.17) is 23.2 Å². The van der Waals surface area contributed by atoms with Crippen molar-refractivity contribution in [3.05, 3.63) is 58.1 Å². The van der Waals surface area contributed by atoms with Crippen molar-refractivity contribution in [2.24, 2.45) is 0 Å². The number of carbonyl (C=O) groups excluding carboxylic acids is 2. The molecule has 8 heteroatoms. The molecule has 132 valence electrons. The molecule has 1 N–H and O–H groups in total. The summed E-state index contributed by atoms with van der Waals surface area (Å²) in [5.41, 5.74) is -0.172. The van der Waals surface area contributed by atoms with Crippen LogP contribution < -0.4 is 10.2 Å². The number of nitrogens with zero attached hydrogens (tertiary/aromatic N) is 1. The van der Waals surface area contributed by atoms with Crippen molar-refractivity contribution in [2.75, 3.05) is 16.8 Å². The van der Waals surface area contributed by atoms with Gasteiger partial charge in [-0.1, -0.05) is 29.3 Å². The summed E-state index contributed by atoms with van der Waals surface area (Å²) in [7, 11) is 0. The van der Waals surface area contributed by atoms with Crippen molar-refractivity contribution in [2.45, 2.75) is 13.3 Å². The number of carbonyl (C=O) groups is 2. The smallest absolute Gasteiger partial charge is 0.226 e. The lowest BCUT2D eigenvalue weighted by atomic mass is 10.2. The van der Waals surface area contributed by atoms with Crippen LogP contribution in [0.4, 0.5) is 20.2 Å². The van der Waals surface area contributed by atoms with Crippen LogP contribution in [0.1, 0.15) is 13.3 Å². The Morgan fingerprint density at radius 3 is 2.36 bits per heavy atom. The van der Waals surface area contributed by atoms with E-state index < -0.39 is 23.2 Å². The summed E-state index contributed by atoms with van der Waals surface area (Å²) in [6.45, 7) is 1.28. The minimum Gasteiger partial charge on any atom is -0.321 e. The summed E-state index contributed by atoms with van der Waals surface area (Å²) in [6, 6.07) is 7.86. The number of nitrogens with one attached hydrogen (secondary N) is 1. The third kappa shape index (κ3) is 4.90. The lowest BCUT2D eigenvalue weighted by Gasteiger charge is -2.22. The Bertz CT molecular complexity index is 795. The zero-order valence-electron chi connectivity index (χ0n) is 13.2. The molecule has 0 aliphatic carbocycles. The van der Waals surface area contributed by atoms with Gasteiger partial charge >= 0.3 is 0 Å². The minimum atomic E-state index is -0.880. The fourth-order valence-corrected chi connectivity index (χ4v) is 2.56. The van der Waals surface area contributed by atoms with Crippen molar-refractivity contribution in [1.82, 2.24) is 0 Å². The Kier molecular flexibility index (Phi) is 6.33. The van der Waals surface area contributed by atoms with Gasteiger partial charge in [0.05, 0.1) is 10.7 Å². The summed E-state index contributed by atoms with van der Waals surface area (Å²) < 4.78 is 27.1. The van der Waals surface area contributed by atoms with Crippen LogP contribution in [0.25, 0.3) is 0 Å². The van der Waals surface area contributed by atoms with Crippen molar-refractivity contribution in [1.29, 1.82) is 0 Å². The van der Waals surface area contributed by atoms with Crippen LogP contribution in [0.2, 0.25) is 10.0 Å². The number of hydrogen-bond donors (Lipinski definition) is 1. The van der Waals surface area contributed by atoms with Crippen LogP contribution in [0, 0.1) is 11.6 Å². The van der Waals surface area contributed by atoms with Crippen LogP contribution in [0.3, 0.4) is 0 Å². The molecule has 0 spiro atoms. The van der Waals surface area contributed by atoms with E-state index in [9.17, 15) is 18.4 Å². The van der Waals surface area contributed by atoms with Gasteiger partial charge in [0.15, 0.2) is 0 Å². The van der Waals surface area contributed by atoms with E-state index in [1.165, 1.54) is 30.0 Å². The normalized spacial score (nSPS) is 10.4. The highest BCUT2D eigenvalue weighted by molar-refractivity contribution is 6.35. The van der Waals surface area contributed by atoms with Gasteiger partial charge in [0.2, 0.25) is 11.8 Å². The molecule has 4 nitrogen and oxygen atoms in total. The number of benzene rings is 2. The number of para-hydroxylation sites is 1. The molecule has 0 atom stereocenters. The van der Waals surface area contributed by atoms with Crippen molar-refractivity contribution in [3.8, 4) is 0 Å².